The van der Waals surface area contributed by atoms with Gasteiger partial charge in [-0.05, 0) is 60.6 Å². The second-order valence-corrected chi connectivity index (χ2v) is 7.98. The third-order valence-corrected chi connectivity index (χ3v) is 4.09. The summed E-state index contributed by atoms with van der Waals surface area (Å²) in [7, 11) is 4.06. The van der Waals surface area contributed by atoms with Crippen LogP contribution < -0.4 is 4.90 Å². The average molecular weight is 394 g/mol. The van der Waals surface area contributed by atoms with Crippen LogP contribution in [-0.4, -0.2) is 43.0 Å². The van der Waals surface area contributed by atoms with E-state index < -0.39 is 0 Å². The Morgan fingerprint density at radius 2 is 1.96 bits per heavy atom. The van der Waals surface area contributed by atoms with Crippen molar-refractivity contribution in [1.82, 2.24) is 9.88 Å². The normalized spacial score (nSPS) is 11.8. The van der Waals surface area contributed by atoms with E-state index in [0.29, 0.717) is 18.1 Å². The fourth-order valence-corrected chi connectivity index (χ4v) is 3.07. The van der Waals surface area contributed by atoms with Crippen LogP contribution in [0.3, 0.4) is 0 Å². The molecular weight excluding hydrogens is 370 g/mol. The molecule has 2 rings (SSSR count). The summed E-state index contributed by atoms with van der Waals surface area (Å²) in [6.45, 7) is 7.54. The fraction of sp³-hybridized carbons (Fsp3) is 0.444. The molecule has 6 heteroatoms. The number of aryl methyl sites for hydroxylation is 1. The van der Waals surface area contributed by atoms with E-state index in [1.807, 2.05) is 33.2 Å². The molecule has 2 aromatic heterocycles. The number of rotatable bonds is 6. The number of halogens is 1. The molecule has 24 heavy (non-hydrogen) atoms. The molecule has 0 bridgehead atoms. The SMILES string of the molecule is Cc1ccoc1C(=O)N(CC(C)(C)CN(C)C)c1ccc(Br)cn1. The Morgan fingerprint density at radius 1 is 1.25 bits per heavy atom. The predicted molar refractivity (Wildman–Crippen MR) is 99.4 cm³/mol. The van der Waals surface area contributed by atoms with Gasteiger partial charge in [-0.1, -0.05) is 13.8 Å². The summed E-state index contributed by atoms with van der Waals surface area (Å²) in [4.78, 5) is 21.3. The number of anilines is 1. The van der Waals surface area contributed by atoms with E-state index in [4.69, 9.17) is 4.42 Å². The monoisotopic (exact) mass is 393 g/mol. The van der Waals surface area contributed by atoms with Gasteiger partial charge in [0.15, 0.2) is 5.76 Å². The third kappa shape index (κ3) is 4.68. The molecule has 0 saturated heterocycles. The van der Waals surface area contributed by atoms with E-state index in [1.165, 1.54) is 0 Å². The van der Waals surface area contributed by atoms with Crippen LogP contribution in [0.25, 0.3) is 0 Å². The smallest absolute Gasteiger partial charge is 0.295 e. The van der Waals surface area contributed by atoms with Gasteiger partial charge in [-0.15, -0.1) is 0 Å². The maximum absolute atomic E-state index is 13.0. The molecule has 1 amide bonds. The van der Waals surface area contributed by atoms with Gasteiger partial charge in [0, 0.05) is 29.3 Å². The topological polar surface area (TPSA) is 49.6 Å². The minimum Gasteiger partial charge on any atom is -0.459 e. The number of hydrogen-bond donors (Lipinski definition) is 0. The molecule has 0 saturated carbocycles. The van der Waals surface area contributed by atoms with Crippen LogP contribution in [0.4, 0.5) is 5.82 Å². The van der Waals surface area contributed by atoms with Gasteiger partial charge in [0.25, 0.3) is 5.91 Å². The van der Waals surface area contributed by atoms with Crippen LogP contribution in [0.5, 0.6) is 0 Å². The fourth-order valence-electron chi connectivity index (χ4n) is 2.83. The molecule has 0 aromatic carbocycles. The van der Waals surface area contributed by atoms with Gasteiger partial charge < -0.3 is 9.32 Å². The maximum Gasteiger partial charge on any atom is 0.295 e. The molecule has 0 N–H and O–H groups in total. The lowest BCUT2D eigenvalue weighted by Crippen LogP contribution is -2.43. The molecule has 0 unspecified atom stereocenters. The molecule has 5 nitrogen and oxygen atoms in total. The van der Waals surface area contributed by atoms with Crippen molar-refractivity contribution in [3.8, 4) is 0 Å². The zero-order chi connectivity index (χ0) is 17.9. The molecule has 0 aliphatic heterocycles. The Kier molecular flexibility index (Phi) is 5.83. The lowest BCUT2D eigenvalue weighted by Gasteiger charge is -2.33. The lowest BCUT2D eigenvalue weighted by molar-refractivity contribution is 0.0942. The van der Waals surface area contributed by atoms with Crippen molar-refractivity contribution >= 4 is 27.7 Å². The van der Waals surface area contributed by atoms with Gasteiger partial charge in [-0.3, -0.25) is 9.69 Å². The van der Waals surface area contributed by atoms with E-state index in [2.05, 4.69) is 39.7 Å². The summed E-state index contributed by atoms with van der Waals surface area (Å²) in [6.07, 6.45) is 3.24. The van der Waals surface area contributed by atoms with Gasteiger partial charge in [0.2, 0.25) is 0 Å². The van der Waals surface area contributed by atoms with Crippen molar-refractivity contribution in [2.24, 2.45) is 5.41 Å². The number of aromatic nitrogens is 1. The Hall–Kier alpha value is -1.66. The van der Waals surface area contributed by atoms with Gasteiger partial charge in [0.1, 0.15) is 5.82 Å². The van der Waals surface area contributed by atoms with E-state index in [-0.39, 0.29) is 11.3 Å². The largest absolute Gasteiger partial charge is 0.459 e. The van der Waals surface area contributed by atoms with Gasteiger partial charge in [-0.2, -0.15) is 0 Å². The van der Waals surface area contributed by atoms with E-state index in [9.17, 15) is 4.79 Å². The highest BCUT2D eigenvalue weighted by Crippen LogP contribution is 2.25. The standard InChI is InChI=1S/C18H24BrN3O2/c1-13-8-9-24-16(13)17(23)22(12-18(2,3)11-21(4)5)15-7-6-14(19)10-20-15/h6-10H,11-12H2,1-5H3. The molecule has 0 spiro atoms. The number of carbonyl (C=O) groups excluding carboxylic acids is 1. The Labute approximate surface area is 151 Å². The summed E-state index contributed by atoms with van der Waals surface area (Å²) in [6, 6.07) is 5.52. The van der Waals surface area contributed by atoms with E-state index >= 15 is 0 Å². The van der Waals surface area contributed by atoms with Gasteiger partial charge in [0.05, 0.1) is 6.26 Å². The highest BCUT2D eigenvalue weighted by molar-refractivity contribution is 9.10. The highest BCUT2D eigenvalue weighted by Gasteiger charge is 2.30. The van der Waals surface area contributed by atoms with Crippen LogP contribution in [0.2, 0.25) is 0 Å². The van der Waals surface area contributed by atoms with E-state index in [0.717, 1.165) is 16.6 Å². The maximum atomic E-state index is 13.0. The number of furan rings is 1. The average Bonchev–Trinajstić information content (AvgIpc) is 2.90. The van der Waals surface area contributed by atoms with Crippen molar-refractivity contribution in [2.45, 2.75) is 20.8 Å². The Balaban J connectivity index is 2.36. The first-order valence-corrected chi connectivity index (χ1v) is 8.61. The van der Waals surface area contributed by atoms with Gasteiger partial charge in [-0.25, -0.2) is 4.98 Å². The second kappa shape index (κ2) is 7.49. The highest BCUT2D eigenvalue weighted by atomic mass is 79.9. The van der Waals surface area contributed by atoms with Crippen molar-refractivity contribution in [3.63, 3.8) is 0 Å². The zero-order valence-corrected chi connectivity index (χ0v) is 16.4. The first-order chi connectivity index (χ1) is 11.2. The first kappa shape index (κ1) is 18.7. The summed E-state index contributed by atoms with van der Waals surface area (Å²) >= 11 is 3.38. The number of amides is 1. The quantitative estimate of drug-likeness (QED) is 0.744. The molecule has 0 atom stereocenters. The lowest BCUT2D eigenvalue weighted by atomic mass is 9.92. The molecular formula is C18H24BrN3O2. The number of nitrogens with zero attached hydrogens (tertiary/aromatic N) is 3. The van der Waals surface area contributed by atoms with Crippen molar-refractivity contribution in [2.75, 3.05) is 32.1 Å². The van der Waals surface area contributed by atoms with Crippen LogP contribution in [0, 0.1) is 12.3 Å². The van der Waals surface area contributed by atoms with E-state index in [1.54, 1.807) is 23.4 Å². The number of carbonyl (C=O) groups is 1. The summed E-state index contributed by atoms with van der Waals surface area (Å²) in [5, 5.41) is 0. The third-order valence-electron chi connectivity index (χ3n) is 3.62. The van der Waals surface area contributed by atoms with Crippen molar-refractivity contribution < 1.29 is 9.21 Å². The molecule has 0 radical (unpaired) electrons. The molecule has 2 aromatic rings. The first-order valence-electron chi connectivity index (χ1n) is 7.82. The molecule has 2 heterocycles. The van der Waals surface area contributed by atoms with Gasteiger partial charge >= 0.3 is 0 Å². The number of hydrogen-bond acceptors (Lipinski definition) is 4. The number of pyridine rings is 1. The van der Waals surface area contributed by atoms with Crippen molar-refractivity contribution in [3.05, 3.63) is 46.5 Å². The molecule has 0 aliphatic rings. The van der Waals surface area contributed by atoms with Crippen LogP contribution in [-0.2, 0) is 0 Å². The minimum absolute atomic E-state index is 0.103. The van der Waals surface area contributed by atoms with Crippen LogP contribution in [0.1, 0.15) is 30.0 Å². The molecule has 0 fully saturated rings. The second-order valence-electron chi connectivity index (χ2n) is 7.06. The summed E-state index contributed by atoms with van der Waals surface area (Å²) < 4.78 is 6.28. The summed E-state index contributed by atoms with van der Waals surface area (Å²) in [5.74, 6) is 0.811. The predicted octanol–water partition coefficient (Wildman–Crippen LogP) is 3.98. The van der Waals surface area contributed by atoms with Crippen LogP contribution >= 0.6 is 15.9 Å². The Bertz CT molecular complexity index is 693. The molecule has 0 aliphatic carbocycles. The zero-order valence-electron chi connectivity index (χ0n) is 14.8. The summed E-state index contributed by atoms with van der Waals surface area (Å²) in [5.41, 5.74) is 0.724. The van der Waals surface area contributed by atoms with Crippen LogP contribution in [0.15, 0.2) is 39.5 Å². The Morgan fingerprint density at radius 3 is 2.46 bits per heavy atom. The minimum atomic E-state index is -0.167. The van der Waals surface area contributed by atoms with Crippen molar-refractivity contribution in [1.29, 1.82) is 0 Å². The molecule has 130 valence electrons.